The predicted octanol–water partition coefficient (Wildman–Crippen LogP) is 4.32. The molecule has 5 nitrogen and oxygen atoms in total. The van der Waals surface area contributed by atoms with Gasteiger partial charge in [-0.1, -0.05) is 61.0 Å². The Labute approximate surface area is 184 Å². The highest BCUT2D eigenvalue weighted by Crippen LogP contribution is 2.25. The number of carbonyl (C=O) groups is 1. The third kappa shape index (κ3) is 5.62. The number of piperidine rings is 1. The first kappa shape index (κ1) is 22.8. The number of nitrogens with one attached hydrogen (secondary N) is 1. The van der Waals surface area contributed by atoms with E-state index in [9.17, 15) is 13.2 Å². The van der Waals surface area contributed by atoms with Crippen molar-refractivity contribution < 1.29 is 13.2 Å². The van der Waals surface area contributed by atoms with Gasteiger partial charge in [-0.2, -0.15) is 0 Å². The van der Waals surface area contributed by atoms with E-state index in [1.807, 2.05) is 19.1 Å². The molecule has 7 heteroatoms. The molecule has 1 fully saturated rings. The van der Waals surface area contributed by atoms with Gasteiger partial charge in [0.1, 0.15) is 0 Å². The molecule has 1 amide bonds. The van der Waals surface area contributed by atoms with Gasteiger partial charge in [-0.05, 0) is 48.9 Å². The summed E-state index contributed by atoms with van der Waals surface area (Å²) in [6.45, 7) is 4.79. The topological polar surface area (TPSA) is 66.5 Å². The average molecular weight is 449 g/mol. The number of hydrogen-bond acceptors (Lipinski definition) is 3. The second-order valence-corrected chi connectivity index (χ2v) is 10.2. The molecule has 2 aromatic carbocycles. The quantitative estimate of drug-likeness (QED) is 0.685. The fraction of sp³-hybridized carbons (Fsp3) is 0.435. The van der Waals surface area contributed by atoms with Crippen molar-refractivity contribution in [3.63, 3.8) is 0 Å². The Kier molecular flexibility index (Phi) is 7.55. The summed E-state index contributed by atoms with van der Waals surface area (Å²) in [7, 11) is -3.46. The SMILES string of the molecule is CCc1ccc([C@H](C)NC(=O)C2CCN(S(=O)(=O)Cc3ccccc3Cl)CC2)cc1. The number of sulfonamides is 1. The summed E-state index contributed by atoms with van der Waals surface area (Å²) < 4.78 is 27.0. The molecule has 2 aromatic rings. The highest BCUT2D eigenvalue weighted by Gasteiger charge is 2.31. The van der Waals surface area contributed by atoms with Gasteiger partial charge in [-0.25, -0.2) is 12.7 Å². The predicted molar refractivity (Wildman–Crippen MR) is 121 cm³/mol. The monoisotopic (exact) mass is 448 g/mol. The van der Waals surface area contributed by atoms with Crippen molar-refractivity contribution in [2.75, 3.05) is 13.1 Å². The maximum atomic E-state index is 12.8. The number of hydrogen-bond donors (Lipinski definition) is 1. The zero-order chi connectivity index (χ0) is 21.7. The van der Waals surface area contributed by atoms with Gasteiger partial charge in [0.2, 0.25) is 15.9 Å². The minimum atomic E-state index is -3.46. The van der Waals surface area contributed by atoms with Crippen LogP contribution in [0.3, 0.4) is 0 Å². The Morgan fingerprint density at radius 2 is 1.77 bits per heavy atom. The lowest BCUT2D eigenvalue weighted by Gasteiger charge is -2.31. The molecule has 1 N–H and O–H groups in total. The molecule has 1 heterocycles. The van der Waals surface area contributed by atoms with Gasteiger partial charge in [0.05, 0.1) is 11.8 Å². The van der Waals surface area contributed by atoms with Crippen molar-refractivity contribution >= 4 is 27.5 Å². The first-order valence-corrected chi connectivity index (χ1v) is 12.4. The molecule has 3 rings (SSSR count). The van der Waals surface area contributed by atoms with Crippen LogP contribution >= 0.6 is 11.6 Å². The molecule has 1 aliphatic rings. The largest absolute Gasteiger partial charge is 0.349 e. The standard InChI is InChI=1S/C23H29ClN2O3S/c1-3-18-8-10-19(11-9-18)17(2)25-23(27)20-12-14-26(15-13-20)30(28,29)16-21-6-4-5-7-22(21)24/h4-11,17,20H,3,12-16H2,1-2H3,(H,25,27)/t17-/m0/s1. The minimum Gasteiger partial charge on any atom is -0.349 e. The van der Waals surface area contributed by atoms with Crippen LogP contribution in [0.2, 0.25) is 5.02 Å². The van der Waals surface area contributed by atoms with Crippen molar-refractivity contribution in [3.8, 4) is 0 Å². The third-order valence-corrected chi connectivity index (χ3v) is 7.96. The third-order valence-electron chi connectivity index (χ3n) is 5.76. The lowest BCUT2D eigenvalue weighted by atomic mass is 9.96. The van der Waals surface area contributed by atoms with E-state index in [1.165, 1.54) is 9.87 Å². The van der Waals surface area contributed by atoms with Crippen LogP contribution in [-0.4, -0.2) is 31.7 Å². The summed E-state index contributed by atoms with van der Waals surface area (Å²) in [5, 5.41) is 3.53. The van der Waals surface area contributed by atoms with Gasteiger partial charge >= 0.3 is 0 Å². The van der Waals surface area contributed by atoms with Crippen molar-refractivity contribution in [1.82, 2.24) is 9.62 Å². The number of nitrogens with zero attached hydrogens (tertiary/aromatic N) is 1. The Bertz CT molecular complexity index is 968. The van der Waals surface area contributed by atoms with Crippen LogP contribution in [0.1, 0.15) is 49.4 Å². The first-order chi connectivity index (χ1) is 14.3. The van der Waals surface area contributed by atoms with Crippen molar-refractivity contribution in [2.45, 2.75) is 44.9 Å². The highest BCUT2D eigenvalue weighted by molar-refractivity contribution is 7.88. The molecule has 1 atom stereocenters. The zero-order valence-electron chi connectivity index (χ0n) is 17.5. The summed E-state index contributed by atoms with van der Waals surface area (Å²) in [5.41, 5.74) is 2.94. The lowest BCUT2D eigenvalue weighted by molar-refractivity contribution is -0.126. The maximum Gasteiger partial charge on any atom is 0.223 e. The van der Waals surface area contributed by atoms with Crippen LogP contribution in [0.4, 0.5) is 0 Å². The summed E-state index contributed by atoms with van der Waals surface area (Å²) in [4.78, 5) is 12.7. The van der Waals surface area contributed by atoms with Gasteiger partial charge < -0.3 is 5.32 Å². The van der Waals surface area contributed by atoms with E-state index in [2.05, 4.69) is 24.4 Å². The van der Waals surface area contributed by atoms with Crippen LogP contribution in [0, 0.1) is 5.92 Å². The van der Waals surface area contributed by atoms with E-state index in [-0.39, 0.29) is 23.6 Å². The Balaban J connectivity index is 1.54. The van der Waals surface area contributed by atoms with Gasteiger partial charge in [-0.3, -0.25) is 4.79 Å². The summed E-state index contributed by atoms with van der Waals surface area (Å²) >= 11 is 6.11. The highest BCUT2D eigenvalue weighted by atomic mass is 35.5. The molecule has 0 bridgehead atoms. The number of carbonyl (C=O) groups excluding carboxylic acids is 1. The molecule has 0 aliphatic carbocycles. The van der Waals surface area contributed by atoms with E-state index < -0.39 is 10.0 Å². The second kappa shape index (κ2) is 9.94. The smallest absolute Gasteiger partial charge is 0.223 e. The summed E-state index contributed by atoms with van der Waals surface area (Å²) in [5.74, 6) is -0.298. The van der Waals surface area contributed by atoms with Gasteiger partial charge in [0.25, 0.3) is 0 Å². The fourth-order valence-corrected chi connectivity index (χ4v) is 5.63. The van der Waals surface area contributed by atoms with E-state index >= 15 is 0 Å². The van der Waals surface area contributed by atoms with Crippen LogP contribution < -0.4 is 5.32 Å². The van der Waals surface area contributed by atoms with E-state index in [1.54, 1.807) is 24.3 Å². The summed E-state index contributed by atoms with van der Waals surface area (Å²) in [6.07, 6.45) is 2.03. The number of aryl methyl sites for hydroxylation is 1. The maximum absolute atomic E-state index is 12.8. The van der Waals surface area contributed by atoms with E-state index in [4.69, 9.17) is 11.6 Å². The zero-order valence-corrected chi connectivity index (χ0v) is 19.0. The molecular weight excluding hydrogens is 420 g/mol. The summed E-state index contributed by atoms with van der Waals surface area (Å²) in [6, 6.07) is 15.2. The van der Waals surface area contributed by atoms with Gasteiger partial charge in [-0.15, -0.1) is 0 Å². The van der Waals surface area contributed by atoms with Crippen LogP contribution in [-0.2, 0) is 27.0 Å². The van der Waals surface area contributed by atoms with Gasteiger partial charge in [0, 0.05) is 24.0 Å². The Morgan fingerprint density at radius 3 is 2.37 bits per heavy atom. The molecule has 30 heavy (non-hydrogen) atoms. The van der Waals surface area contributed by atoms with Gasteiger partial charge in [0.15, 0.2) is 0 Å². The molecule has 162 valence electrons. The molecule has 0 aromatic heterocycles. The van der Waals surface area contributed by atoms with Crippen LogP contribution in [0.5, 0.6) is 0 Å². The number of amides is 1. The molecule has 0 saturated carbocycles. The lowest BCUT2D eigenvalue weighted by Crippen LogP contribution is -2.43. The molecular formula is C23H29ClN2O3S. The first-order valence-electron chi connectivity index (χ1n) is 10.4. The number of rotatable bonds is 7. The number of halogens is 1. The van der Waals surface area contributed by atoms with Crippen LogP contribution in [0.15, 0.2) is 48.5 Å². The van der Waals surface area contributed by atoms with E-state index in [0.29, 0.717) is 36.5 Å². The molecule has 1 saturated heterocycles. The fourth-order valence-electron chi connectivity index (χ4n) is 3.76. The normalized spacial score (nSPS) is 16.9. The van der Waals surface area contributed by atoms with Crippen molar-refractivity contribution in [1.29, 1.82) is 0 Å². The van der Waals surface area contributed by atoms with Crippen LogP contribution in [0.25, 0.3) is 0 Å². The molecule has 0 unspecified atom stereocenters. The molecule has 0 spiro atoms. The second-order valence-electron chi connectivity index (χ2n) is 7.85. The Morgan fingerprint density at radius 1 is 1.13 bits per heavy atom. The molecule has 1 aliphatic heterocycles. The van der Waals surface area contributed by atoms with E-state index in [0.717, 1.165) is 12.0 Å². The number of benzene rings is 2. The van der Waals surface area contributed by atoms with Crippen molar-refractivity contribution in [2.24, 2.45) is 5.92 Å². The van der Waals surface area contributed by atoms with Crippen molar-refractivity contribution in [3.05, 3.63) is 70.2 Å². The molecule has 0 radical (unpaired) electrons. The average Bonchev–Trinajstić information content (AvgIpc) is 2.75. The Hall–Kier alpha value is -1.89. The minimum absolute atomic E-state index is 0.00906.